The van der Waals surface area contributed by atoms with Gasteiger partial charge >= 0.3 is 0 Å². The summed E-state index contributed by atoms with van der Waals surface area (Å²) in [7, 11) is 0. The molecule has 0 aromatic heterocycles. The van der Waals surface area contributed by atoms with Crippen LogP contribution in [0.15, 0.2) is 24.5 Å². The molecule has 0 aliphatic rings. The first-order chi connectivity index (χ1) is 7.82. The summed E-state index contributed by atoms with van der Waals surface area (Å²) < 4.78 is 0. The Balaban J connectivity index is 3.10. The van der Waals surface area contributed by atoms with Crippen molar-refractivity contribution in [3.05, 3.63) is 46.7 Å². The fourth-order valence-corrected chi connectivity index (χ4v) is 1.80. The Morgan fingerprint density at radius 1 is 1.41 bits per heavy atom. The average Bonchev–Trinajstić information content (AvgIpc) is 2.22. The zero-order chi connectivity index (χ0) is 13.2. The van der Waals surface area contributed by atoms with E-state index in [1.54, 1.807) is 12.1 Å². The van der Waals surface area contributed by atoms with Gasteiger partial charge in [-0.15, -0.1) is 0 Å². The minimum atomic E-state index is -0.494. The van der Waals surface area contributed by atoms with Crippen LogP contribution in [-0.4, -0.2) is 17.1 Å². The predicted octanol–water partition coefficient (Wildman–Crippen LogP) is 1.34. The van der Waals surface area contributed by atoms with Crippen molar-refractivity contribution in [1.82, 2.24) is 0 Å². The zero-order valence-electron chi connectivity index (χ0n) is 10.2. The molecular weight excluding hydrogens is 216 g/mol. The average molecular weight is 234 g/mol. The van der Waals surface area contributed by atoms with Crippen LogP contribution in [0.5, 0.6) is 0 Å². The van der Waals surface area contributed by atoms with Crippen molar-refractivity contribution in [1.29, 1.82) is 0 Å². The largest absolute Gasteiger partial charge is 0.511 e. The lowest BCUT2D eigenvalue weighted by Crippen LogP contribution is -2.25. The van der Waals surface area contributed by atoms with E-state index in [-0.39, 0.29) is 5.76 Å². The first-order valence-electron chi connectivity index (χ1n) is 5.36. The molecule has 4 nitrogen and oxygen atoms in total. The molecule has 0 radical (unpaired) electrons. The van der Waals surface area contributed by atoms with Crippen LogP contribution in [0.1, 0.15) is 27.0 Å². The van der Waals surface area contributed by atoms with Gasteiger partial charge in [-0.3, -0.25) is 4.79 Å². The number of hydrogen-bond donors (Lipinski definition) is 3. The van der Waals surface area contributed by atoms with E-state index < -0.39 is 11.9 Å². The molecule has 1 atom stereocenters. The summed E-state index contributed by atoms with van der Waals surface area (Å²) in [5.41, 5.74) is 14.4. The summed E-state index contributed by atoms with van der Waals surface area (Å²) in [6, 6.07) is 2.97. The first-order valence-corrected chi connectivity index (χ1v) is 5.36. The van der Waals surface area contributed by atoms with Crippen LogP contribution in [0.3, 0.4) is 0 Å². The van der Waals surface area contributed by atoms with Crippen LogP contribution in [0, 0.1) is 13.8 Å². The van der Waals surface area contributed by atoms with Crippen molar-refractivity contribution in [2.75, 3.05) is 0 Å². The van der Waals surface area contributed by atoms with E-state index >= 15 is 0 Å². The van der Waals surface area contributed by atoms with Gasteiger partial charge in [-0.25, -0.2) is 0 Å². The summed E-state index contributed by atoms with van der Waals surface area (Å²) in [6.07, 6.45) is 0.492. The van der Waals surface area contributed by atoms with Crippen molar-refractivity contribution >= 4 is 5.91 Å². The topological polar surface area (TPSA) is 89.3 Å². The summed E-state index contributed by atoms with van der Waals surface area (Å²) in [6.45, 7) is 7.19. The number of aliphatic hydroxyl groups excluding tert-OH is 1. The highest BCUT2D eigenvalue weighted by Crippen LogP contribution is 2.19. The Bertz CT molecular complexity index is 443. The first kappa shape index (κ1) is 13.3. The number of carbonyl (C=O) groups is 1. The SMILES string of the molecule is C=C(O)C(N)Cc1c(C)cc(C(N)=O)cc1C. The van der Waals surface area contributed by atoms with E-state index in [0.29, 0.717) is 12.0 Å². The predicted molar refractivity (Wildman–Crippen MR) is 67.9 cm³/mol. The molecule has 4 heteroatoms. The molecular formula is C13H18N2O2. The molecule has 0 saturated heterocycles. The highest BCUT2D eigenvalue weighted by Gasteiger charge is 2.13. The summed E-state index contributed by atoms with van der Waals surface area (Å²) in [5, 5.41) is 9.21. The Morgan fingerprint density at radius 2 is 1.88 bits per heavy atom. The van der Waals surface area contributed by atoms with E-state index in [2.05, 4.69) is 6.58 Å². The molecule has 1 aromatic rings. The third-order valence-corrected chi connectivity index (χ3v) is 2.83. The molecule has 1 unspecified atom stereocenters. The third-order valence-electron chi connectivity index (χ3n) is 2.83. The molecule has 1 aromatic carbocycles. The van der Waals surface area contributed by atoms with E-state index in [0.717, 1.165) is 16.7 Å². The number of hydrogen-bond acceptors (Lipinski definition) is 3. The zero-order valence-corrected chi connectivity index (χ0v) is 10.2. The highest BCUT2D eigenvalue weighted by atomic mass is 16.3. The maximum Gasteiger partial charge on any atom is 0.248 e. The second kappa shape index (κ2) is 5.01. The van der Waals surface area contributed by atoms with Gasteiger partial charge < -0.3 is 16.6 Å². The molecule has 1 rings (SSSR count). The fraction of sp³-hybridized carbons (Fsp3) is 0.308. The number of rotatable bonds is 4. The second-order valence-electron chi connectivity index (χ2n) is 4.25. The summed E-state index contributed by atoms with van der Waals surface area (Å²) in [4.78, 5) is 11.1. The van der Waals surface area contributed by atoms with Crippen LogP contribution < -0.4 is 11.5 Å². The smallest absolute Gasteiger partial charge is 0.248 e. The van der Waals surface area contributed by atoms with Crippen LogP contribution in [0.25, 0.3) is 0 Å². The maximum absolute atomic E-state index is 11.1. The van der Waals surface area contributed by atoms with E-state index in [9.17, 15) is 9.90 Å². The van der Waals surface area contributed by atoms with Gasteiger partial charge in [0.15, 0.2) is 0 Å². The van der Waals surface area contributed by atoms with Crippen LogP contribution in [0.4, 0.5) is 0 Å². The quantitative estimate of drug-likeness (QED) is 0.687. The molecule has 0 fully saturated rings. The van der Waals surface area contributed by atoms with Gasteiger partial charge in [0.2, 0.25) is 5.91 Å². The molecule has 1 amide bonds. The lowest BCUT2D eigenvalue weighted by atomic mass is 9.94. The van der Waals surface area contributed by atoms with Gasteiger partial charge in [0, 0.05) is 5.56 Å². The van der Waals surface area contributed by atoms with Crippen molar-refractivity contribution in [2.24, 2.45) is 11.5 Å². The maximum atomic E-state index is 11.1. The minimum absolute atomic E-state index is 0.0391. The standard InChI is InChI=1S/C13H18N2O2/c1-7-4-10(13(15)17)5-8(2)11(7)6-12(14)9(3)16/h4-5,12,16H,3,6,14H2,1-2H3,(H2,15,17). The third kappa shape index (κ3) is 3.07. The molecule has 0 spiro atoms. The number of nitrogens with two attached hydrogens (primary N) is 2. The Morgan fingerprint density at radius 3 is 2.24 bits per heavy atom. The lowest BCUT2D eigenvalue weighted by molar-refractivity contribution is 0.1000. The monoisotopic (exact) mass is 234 g/mol. The number of amides is 1. The Hall–Kier alpha value is -1.81. The molecule has 17 heavy (non-hydrogen) atoms. The minimum Gasteiger partial charge on any atom is -0.511 e. The van der Waals surface area contributed by atoms with Crippen LogP contribution >= 0.6 is 0 Å². The molecule has 0 heterocycles. The van der Waals surface area contributed by atoms with Crippen LogP contribution in [0.2, 0.25) is 0 Å². The summed E-state index contributed by atoms with van der Waals surface area (Å²) in [5.74, 6) is -0.485. The summed E-state index contributed by atoms with van der Waals surface area (Å²) >= 11 is 0. The van der Waals surface area contributed by atoms with Gasteiger partial charge in [0.05, 0.1) is 6.04 Å². The van der Waals surface area contributed by atoms with E-state index in [1.807, 2.05) is 13.8 Å². The molecule has 92 valence electrons. The van der Waals surface area contributed by atoms with Gasteiger partial charge in [0.1, 0.15) is 5.76 Å². The lowest BCUT2D eigenvalue weighted by Gasteiger charge is -2.15. The number of benzene rings is 1. The van der Waals surface area contributed by atoms with Crippen molar-refractivity contribution in [2.45, 2.75) is 26.3 Å². The Labute approximate surface area is 101 Å². The molecule has 0 aliphatic heterocycles. The number of primary amides is 1. The van der Waals surface area contributed by atoms with Crippen molar-refractivity contribution < 1.29 is 9.90 Å². The second-order valence-corrected chi connectivity index (χ2v) is 4.25. The van der Waals surface area contributed by atoms with E-state index in [1.165, 1.54) is 0 Å². The number of aryl methyl sites for hydroxylation is 2. The normalized spacial score (nSPS) is 12.2. The Kier molecular flexibility index (Phi) is 3.91. The molecule has 0 aliphatic carbocycles. The molecule has 5 N–H and O–H groups in total. The molecule has 0 saturated carbocycles. The molecule has 0 bridgehead atoms. The fourth-order valence-electron chi connectivity index (χ4n) is 1.80. The highest BCUT2D eigenvalue weighted by molar-refractivity contribution is 5.93. The van der Waals surface area contributed by atoms with Gasteiger partial charge in [0.25, 0.3) is 0 Å². The van der Waals surface area contributed by atoms with Crippen molar-refractivity contribution in [3.8, 4) is 0 Å². The van der Waals surface area contributed by atoms with Gasteiger partial charge in [-0.1, -0.05) is 6.58 Å². The number of carbonyl (C=O) groups excluding carboxylic acids is 1. The van der Waals surface area contributed by atoms with Gasteiger partial charge in [-0.2, -0.15) is 0 Å². The van der Waals surface area contributed by atoms with E-state index in [4.69, 9.17) is 11.5 Å². The van der Waals surface area contributed by atoms with Crippen molar-refractivity contribution in [3.63, 3.8) is 0 Å². The van der Waals surface area contributed by atoms with Crippen LogP contribution in [-0.2, 0) is 6.42 Å². The number of aliphatic hydroxyl groups is 1. The van der Waals surface area contributed by atoms with Gasteiger partial charge in [-0.05, 0) is 49.1 Å².